The van der Waals surface area contributed by atoms with Crippen molar-refractivity contribution in [3.05, 3.63) is 0 Å². The van der Waals surface area contributed by atoms with Crippen molar-refractivity contribution in [2.45, 2.75) is 93.5 Å². The average molecular weight is 853 g/mol. The number of methoxy groups -OCH3 is 1. The lowest BCUT2D eigenvalue weighted by Gasteiger charge is -2.45. The Balaban J connectivity index is 3.41. The first-order valence-corrected chi connectivity index (χ1v) is 17.3. The number of aliphatic hydroxyl groups excluding tert-OH is 1. The third-order valence-electron chi connectivity index (χ3n) is 6.84. The summed E-state index contributed by atoms with van der Waals surface area (Å²) >= 11 is 16.8. The van der Waals surface area contributed by atoms with Crippen LogP contribution >= 0.6 is 34.8 Å². The van der Waals surface area contributed by atoms with Gasteiger partial charge in [0.15, 0.2) is 18.4 Å². The van der Waals surface area contributed by atoms with Gasteiger partial charge in [-0.1, -0.05) is 34.8 Å². The van der Waals surface area contributed by atoms with Gasteiger partial charge >= 0.3 is 30.0 Å². The van der Waals surface area contributed by atoms with Crippen LogP contribution in [-0.4, -0.2) is 151 Å². The number of alkyl halides is 3. The summed E-state index contributed by atoms with van der Waals surface area (Å²) < 4.78 is 33.9. The topological polar surface area (TPSA) is 299 Å². The van der Waals surface area contributed by atoms with Crippen LogP contribution < -0.4 is 26.6 Å². The highest BCUT2D eigenvalue weighted by atomic mass is 35.6. The van der Waals surface area contributed by atoms with E-state index in [0.717, 1.165) is 27.7 Å². The lowest BCUT2D eigenvalue weighted by Crippen LogP contribution is -2.69. The van der Waals surface area contributed by atoms with Crippen molar-refractivity contribution in [2.24, 2.45) is 0 Å². The van der Waals surface area contributed by atoms with Gasteiger partial charge in [0.05, 0.1) is 19.6 Å². The minimum Gasteiger partial charge on any atom is -0.463 e. The van der Waals surface area contributed by atoms with Gasteiger partial charge in [0.2, 0.25) is 27.4 Å². The molecule has 0 aromatic heterocycles. The van der Waals surface area contributed by atoms with Gasteiger partial charge in [-0.25, -0.2) is 9.59 Å². The molecule has 5 amide bonds. The average Bonchev–Trinajstić information content (AvgIpc) is 3.06. The van der Waals surface area contributed by atoms with Gasteiger partial charge in [0.1, 0.15) is 50.1 Å². The third kappa shape index (κ3) is 18.8. The first-order valence-electron chi connectivity index (χ1n) is 16.1. The Kier molecular flexibility index (Phi) is 21.0. The number of nitrogens with one attached hydrogen (secondary N) is 5. The molecule has 1 aliphatic rings. The molecule has 22 nitrogen and oxygen atoms in total. The van der Waals surface area contributed by atoms with Crippen LogP contribution in [0.4, 0.5) is 4.79 Å². The second kappa shape index (κ2) is 23.6. The first-order chi connectivity index (χ1) is 25.6. The van der Waals surface area contributed by atoms with Gasteiger partial charge in [-0.05, 0) is 6.92 Å². The molecule has 312 valence electrons. The fraction of sp³-hybridized carbons (Fsp3) is 0.700. The van der Waals surface area contributed by atoms with E-state index in [-0.39, 0.29) is 13.2 Å². The second-order valence-corrected chi connectivity index (χ2v) is 14.1. The van der Waals surface area contributed by atoms with E-state index in [9.17, 15) is 48.3 Å². The van der Waals surface area contributed by atoms with Crippen molar-refractivity contribution in [3.8, 4) is 0 Å². The maximum absolute atomic E-state index is 13.5. The lowest BCUT2D eigenvalue weighted by atomic mass is 9.94. The highest BCUT2D eigenvalue weighted by Gasteiger charge is 2.51. The van der Waals surface area contributed by atoms with Crippen molar-refractivity contribution in [1.82, 2.24) is 26.6 Å². The molecule has 6 N–H and O–H groups in total. The molecule has 0 aromatic carbocycles. The van der Waals surface area contributed by atoms with Gasteiger partial charge in [-0.3, -0.25) is 33.6 Å². The molecular weight excluding hydrogens is 809 g/mol. The normalized spacial score (nSPS) is 20.9. The number of ether oxygens (including phenoxy) is 7. The number of aliphatic hydroxyl groups is 1. The van der Waals surface area contributed by atoms with E-state index >= 15 is 0 Å². The van der Waals surface area contributed by atoms with Crippen LogP contribution in [0.15, 0.2) is 0 Å². The van der Waals surface area contributed by atoms with E-state index in [4.69, 9.17) is 68.0 Å². The van der Waals surface area contributed by atoms with Crippen molar-refractivity contribution in [1.29, 1.82) is 0 Å². The molecule has 8 atom stereocenters. The van der Waals surface area contributed by atoms with E-state index < -0.39 is 132 Å². The maximum atomic E-state index is 13.5. The van der Waals surface area contributed by atoms with Crippen molar-refractivity contribution in [2.75, 3.05) is 40.1 Å². The molecule has 55 heavy (non-hydrogen) atoms. The monoisotopic (exact) mass is 851 g/mol. The Morgan fingerprint density at radius 3 is 1.89 bits per heavy atom. The number of esters is 4. The lowest BCUT2D eigenvalue weighted by molar-refractivity contribution is -0.228. The fourth-order valence-corrected chi connectivity index (χ4v) is 4.75. The molecule has 1 aliphatic heterocycles. The third-order valence-corrected chi connectivity index (χ3v) is 7.17. The number of amides is 5. The summed E-state index contributed by atoms with van der Waals surface area (Å²) in [7, 11) is 1.37. The summed E-state index contributed by atoms with van der Waals surface area (Å²) in [6.07, 6.45) is -8.48. The number of hydrogen-bond acceptors (Lipinski definition) is 17. The summed E-state index contributed by atoms with van der Waals surface area (Å²) in [5.41, 5.74) is 0. The Morgan fingerprint density at radius 2 is 1.36 bits per heavy atom. The van der Waals surface area contributed by atoms with Crippen LogP contribution in [0.3, 0.4) is 0 Å². The summed E-state index contributed by atoms with van der Waals surface area (Å²) in [4.78, 5) is 113. The van der Waals surface area contributed by atoms with Gasteiger partial charge in [-0.2, -0.15) is 0 Å². The quantitative estimate of drug-likeness (QED) is 0.0347. The summed E-state index contributed by atoms with van der Waals surface area (Å²) in [5.74, 6) is -7.61. The summed E-state index contributed by atoms with van der Waals surface area (Å²) in [5, 5.41) is 21.1. The number of rotatable bonds is 19. The predicted molar refractivity (Wildman–Crippen MR) is 185 cm³/mol. The number of alkyl carbamates (subject to hydrolysis) is 1. The zero-order valence-corrected chi connectivity index (χ0v) is 32.7. The Labute approximate surface area is 329 Å². The van der Waals surface area contributed by atoms with Crippen molar-refractivity contribution in [3.63, 3.8) is 0 Å². The fourth-order valence-electron chi connectivity index (χ4n) is 4.59. The summed E-state index contributed by atoms with van der Waals surface area (Å²) in [6, 6.07) is -6.40. The van der Waals surface area contributed by atoms with E-state index in [0.29, 0.717) is 0 Å². The Bertz CT molecular complexity index is 1400. The molecule has 1 saturated heterocycles. The van der Waals surface area contributed by atoms with Gasteiger partial charge in [-0.15, -0.1) is 0 Å². The number of carbonyl (C=O) groups excluding carboxylic acids is 9. The van der Waals surface area contributed by atoms with Crippen LogP contribution in [-0.2, 0) is 71.5 Å². The zero-order chi connectivity index (χ0) is 42.0. The Hall–Kier alpha value is -4.22. The van der Waals surface area contributed by atoms with E-state index in [2.05, 4.69) is 26.6 Å². The molecule has 0 aromatic rings. The standard InChI is InChI=1S/C30H44Cl3N5O17/c1-13(28(47)50-8-7-49-6)34-26(46)19(10-39)36-25(45)18(37-29(48)52-12-30(31,32)33)9-21(44)38-27-22(35-14(2)40)24(54-17(5)43)23(53-16(4)42)20(55-27)11-51-15(3)41/h13,18-20,22-24,27,39H,7-12H2,1-6H3,(H,34,46)(H,35,40)(H,36,45)(H,37,48)(H,38,44)/t13-,18-,19-,20+,22+,23+,24+,27+/m0/s1. The number of carbonyl (C=O) groups is 9. The van der Waals surface area contributed by atoms with E-state index in [1.165, 1.54) is 14.0 Å². The van der Waals surface area contributed by atoms with Gasteiger partial charge < -0.3 is 64.8 Å². The second-order valence-electron chi connectivity index (χ2n) is 11.6. The minimum absolute atomic E-state index is 0.0744. The predicted octanol–water partition coefficient (Wildman–Crippen LogP) is -2.21. The Morgan fingerprint density at radius 1 is 0.764 bits per heavy atom. The van der Waals surface area contributed by atoms with Gasteiger partial charge in [0, 0.05) is 34.8 Å². The molecule has 0 aliphatic carbocycles. The van der Waals surface area contributed by atoms with Crippen LogP contribution in [0, 0.1) is 0 Å². The molecule has 0 unspecified atom stereocenters. The zero-order valence-electron chi connectivity index (χ0n) is 30.5. The maximum Gasteiger partial charge on any atom is 0.407 e. The SMILES string of the molecule is COCCOC(=O)[C@H](C)NC(=O)[C@H](CO)NC(=O)[C@H](CC(=O)N[C@@H]1O[C@H](COC(C)=O)[C@@H](OC(C)=O)[C@H](OC(C)=O)[C@H]1NC(C)=O)NC(=O)OCC(Cl)(Cl)Cl. The molecule has 1 heterocycles. The smallest absolute Gasteiger partial charge is 0.407 e. The van der Waals surface area contributed by atoms with Gasteiger partial charge in [0.25, 0.3) is 0 Å². The summed E-state index contributed by atoms with van der Waals surface area (Å²) in [6.45, 7) is 2.93. The molecule has 25 heteroatoms. The highest BCUT2D eigenvalue weighted by Crippen LogP contribution is 2.27. The van der Waals surface area contributed by atoms with Crippen LogP contribution in [0.5, 0.6) is 0 Å². The molecule has 1 rings (SSSR count). The number of halogens is 3. The van der Waals surface area contributed by atoms with Crippen molar-refractivity contribution < 1.29 is 81.4 Å². The molecule has 0 saturated carbocycles. The van der Waals surface area contributed by atoms with E-state index in [1.54, 1.807) is 0 Å². The molecule has 0 radical (unpaired) electrons. The van der Waals surface area contributed by atoms with Crippen LogP contribution in [0.1, 0.15) is 41.0 Å². The van der Waals surface area contributed by atoms with Crippen LogP contribution in [0.25, 0.3) is 0 Å². The van der Waals surface area contributed by atoms with Crippen LogP contribution in [0.2, 0.25) is 0 Å². The number of hydrogen-bond donors (Lipinski definition) is 6. The minimum atomic E-state index is -2.09. The molecule has 1 fully saturated rings. The van der Waals surface area contributed by atoms with E-state index in [1.807, 2.05) is 0 Å². The van der Waals surface area contributed by atoms with Crippen molar-refractivity contribution >= 4 is 88.4 Å². The largest absolute Gasteiger partial charge is 0.463 e. The highest BCUT2D eigenvalue weighted by molar-refractivity contribution is 6.67. The molecule has 0 spiro atoms. The first kappa shape index (κ1) is 48.8. The molecule has 0 bridgehead atoms. The molecular formula is C30H44Cl3N5O17.